The molecule has 3 rings (SSSR count). The molecule has 0 saturated heterocycles. The topological polar surface area (TPSA) is 183 Å². The van der Waals surface area contributed by atoms with Gasteiger partial charge in [-0.3, -0.25) is 14.2 Å². The lowest BCUT2D eigenvalue weighted by atomic mass is 10.0. The van der Waals surface area contributed by atoms with E-state index in [-0.39, 0.29) is 29.8 Å². The molecule has 0 fully saturated rings. The van der Waals surface area contributed by atoms with Crippen LogP contribution in [0.4, 0.5) is 17.5 Å². The molecule has 1 aromatic carbocycles. The van der Waals surface area contributed by atoms with Gasteiger partial charge in [0.1, 0.15) is 6.10 Å². The first-order chi connectivity index (χ1) is 33.2. The minimum atomic E-state index is -0.725. The summed E-state index contributed by atoms with van der Waals surface area (Å²) in [6.45, 7) is 7.67. The van der Waals surface area contributed by atoms with Crippen LogP contribution in [0.1, 0.15) is 238 Å². The Morgan fingerprint density at radius 3 is 1.65 bits per heavy atom. The van der Waals surface area contributed by atoms with E-state index < -0.39 is 6.04 Å². The highest BCUT2D eigenvalue weighted by Crippen LogP contribution is 2.26. The summed E-state index contributed by atoms with van der Waals surface area (Å²) in [5, 5.41) is 16.8. The number of unbranched alkanes of at least 4 members (excludes halogenated alkanes) is 28. The first-order valence-electron chi connectivity index (χ1n) is 27.6. The van der Waals surface area contributed by atoms with E-state index in [0.717, 1.165) is 50.5 Å². The van der Waals surface area contributed by atoms with E-state index in [4.69, 9.17) is 16.2 Å². The molecule has 68 heavy (non-hydrogen) atoms. The quantitative estimate of drug-likeness (QED) is 0.0268. The molecular weight excluding hydrogens is 869 g/mol. The van der Waals surface area contributed by atoms with Gasteiger partial charge in [-0.2, -0.15) is 26.7 Å². The summed E-state index contributed by atoms with van der Waals surface area (Å²) in [7, 11) is 0. The van der Waals surface area contributed by atoms with Crippen molar-refractivity contribution in [2.45, 2.75) is 251 Å². The normalized spacial score (nSPS) is 12.4. The number of rotatable bonds is 44. The maximum atomic E-state index is 13.2. The molecule has 13 heteroatoms. The molecule has 386 valence electrons. The van der Waals surface area contributed by atoms with E-state index in [2.05, 4.69) is 46.4 Å². The van der Waals surface area contributed by atoms with E-state index >= 15 is 0 Å². The number of anilines is 3. The van der Waals surface area contributed by atoms with E-state index in [0.29, 0.717) is 53.8 Å². The van der Waals surface area contributed by atoms with Gasteiger partial charge in [-0.1, -0.05) is 213 Å². The number of nitrogens with one attached hydrogen (secondary N) is 2. The van der Waals surface area contributed by atoms with Gasteiger partial charge >= 0.3 is 5.97 Å². The summed E-state index contributed by atoms with van der Waals surface area (Å²) >= 11 is 1.58. The van der Waals surface area contributed by atoms with Crippen molar-refractivity contribution in [3.63, 3.8) is 0 Å². The van der Waals surface area contributed by atoms with E-state index in [1.54, 1.807) is 16.3 Å². The number of nitrogens with zero attached hydrogens (tertiary/aromatic N) is 4. The minimum Gasteiger partial charge on any atom is -0.480 e. The van der Waals surface area contributed by atoms with E-state index in [1.807, 2.05) is 24.3 Å². The van der Waals surface area contributed by atoms with Gasteiger partial charge in [0.2, 0.25) is 11.9 Å². The number of thioether (sulfide) groups is 1. The lowest BCUT2D eigenvalue weighted by Crippen LogP contribution is -2.38. The molecule has 2 atom stereocenters. The van der Waals surface area contributed by atoms with Crippen molar-refractivity contribution in [2.24, 2.45) is 5.73 Å². The van der Waals surface area contributed by atoms with Crippen molar-refractivity contribution in [1.82, 2.24) is 19.5 Å². The first-order valence-corrected chi connectivity index (χ1v) is 28.8. The molecule has 0 saturated carbocycles. The van der Waals surface area contributed by atoms with Gasteiger partial charge in [0.05, 0.1) is 12.6 Å². The zero-order valence-corrected chi connectivity index (χ0v) is 44.0. The van der Waals surface area contributed by atoms with E-state index in [9.17, 15) is 14.7 Å². The Hall–Kier alpha value is -3.58. The third-order valence-electron chi connectivity index (χ3n) is 13.1. The van der Waals surface area contributed by atoms with Gasteiger partial charge < -0.3 is 31.9 Å². The first kappa shape index (κ1) is 58.7. The second kappa shape index (κ2) is 38.2. The number of nitrogen functional groups attached to an aromatic ring is 1. The fourth-order valence-corrected chi connectivity index (χ4v) is 9.79. The summed E-state index contributed by atoms with van der Waals surface area (Å²) in [6.07, 6.45) is 40.9. The summed E-state index contributed by atoms with van der Waals surface area (Å²) in [4.78, 5) is 39.3. The largest absolute Gasteiger partial charge is 0.480 e. The van der Waals surface area contributed by atoms with Crippen molar-refractivity contribution >= 4 is 52.3 Å². The number of ether oxygens (including phenoxy) is 1. The predicted octanol–water partition coefficient (Wildman–Crippen LogP) is 14.4. The number of carbonyl (C=O) groups is 2. The van der Waals surface area contributed by atoms with Crippen LogP contribution in [-0.4, -0.2) is 66.7 Å². The third kappa shape index (κ3) is 26.4. The summed E-state index contributed by atoms with van der Waals surface area (Å²) < 4.78 is 7.68. The number of hydrogen-bond donors (Lipinski definition) is 5. The standard InChI is InChI=1S/C55H96N8O4S/c1-4-7-10-12-14-16-18-20-21-22-24-25-27-29-31-33-35-47(67-49(64)36-34-32-30-28-26-23-19-17-15-13-11-8-5-2)43-68-44-48(56)53(65)59-46-39-37-45(38-40-46)42-63-52-50(60-55(63)66)51(57)61-54(62-52)58-41-9-6-3/h37-40,47-48H,4-36,41-44,56H2,1-3H3,(H,59,65)(H,60,66)(H3,57,58,61,62). The average molecular weight is 965 g/mol. The maximum Gasteiger partial charge on any atom is 0.306 e. The highest BCUT2D eigenvalue weighted by molar-refractivity contribution is 7.99. The van der Waals surface area contributed by atoms with Crippen LogP contribution >= 0.6 is 11.8 Å². The van der Waals surface area contributed by atoms with Crippen LogP contribution in [0.25, 0.3) is 11.2 Å². The predicted molar refractivity (Wildman–Crippen MR) is 289 cm³/mol. The fourth-order valence-electron chi connectivity index (χ4n) is 8.75. The lowest BCUT2D eigenvalue weighted by molar-refractivity contribution is -0.148. The number of esters is 1. The number of nitrogens with two attached hydrogens (primary N) is 2. The van der Waals surface area contributed by atoms with Crippen LogP contribution in [0, 0.1) is 0 Å². The molecule has 2 aromatic heterocycles. The average Bonchev–Trinajstić information content (AvgIpc) is 3.64. The van der Waals surface area contributed by atoms with Gasteiger partial charge in [0, 0.05) is 30.2 Å². The molecule has 0 bridgehead atoms. The van der Waals surface area contributed by atoms with E-state index in [1.165, 1.54) is 161 Å². The Balaban J connectivity index is 1.39. The number of benzene rings is 1. The molecule has 7 N–H and O–H groups in total. The Kier molecular flexibility index (Phi) is 33.0. The molecule has 0 aliphatic heterocycles. The second-order valence-electron chi connectivity index (χ2n) is 19.4. The molecule has 0 aliphatic carbocycles. The zero-order chi connectivity index (χ0) is 48.9. The van der Waals surface area contributed by atoms with Crippen molar-refractivity contribution in [2.75, 3.05) is 34.4 Å². The molecule has 12 nitrogen and oxygen atoms in total. The van der Waals surface area contributed by atoms with Crippen molar-refractivity contribution in [3.8, 4) is 6.01 Å². The number of aromatic hydroxyl groups is 1. The number of hydrogen-bond acceptors (Lipinski definition) is 11. The van der Waals surface area contributed by atoms with Crippen molar-refractivity contribution in [3.05, 3.63) is 29.8 Å². The maximum absolute atomic E-state index is 13.2. The molecule has 2 unspecified atom stereocenters. The number of carbonyl (C=O) groups excluding carboxylic acids is 2. The zero-order valence-electron chi connectivity index (χ0n) is 43.2. The monoisotopic (exact) mass is 965 g/mol. The Labute approximate surface area is 416 Å². The highest BCUT2D eigenvalue weighted by atomic mass is 32.2. The number of fused-ring (bicyclic) bond motifs is 1. The molecular formula is C55H96N8O4S. The summed E-state index contributed by atoms with van der Waals surface area (Å²) in [6, 6.07) is 6.45. The van der Waals surface area contributed by atoms with Gasteiger partial charge in [-0.15, -0.1) is 0 Å². The van der Waals surface area contributed by atoms with Crippen LogP contribution in [0.3, 0.4) is 0 Å². The van der Waals surface area contributed by atoms with Gasteiger partial charge in [-0.25, -0.2) is 0 Å². The number of amides is 1. The summed E-state index contributed by atoms with van der Waals surface area (Å²) in [5.41, 5.74) is 14.8. The molecule has 0 aliphatic rings. The Morgan fingerprint density at radius 1 is 0.647 bits per heavy atom. The SMILES string of the molecule is CCCCCCCCCCCCCCCCCCC(CSCC(N)C(=O)Nc1ccc(Cn2c(O)nc3c(N)nc(NCCCC)nc32)cc1)OC(=O)CCCCCCCCCCCCCCC. The highest BCUT2D eigenvalue weighted by Gasteiger charge is 2.20. The molecule has 0 spiro atoms. The van der Waals surface area contributed by atoms with Crippen LogP contribution in [0.5, 0.6) is 6.01 Å². The van der Waals surface area contributed by atoms with Crippen LogP contribution < -0.4 is 22.1 Å². The van der Waals surface area contributed by atoms with Crippen LogP contribution in [-0.2, 0) is 20.9 Å². The van der Waals surface area contributed by atoms with Crippen molar-refractivity contribution in [1.29, 1.82) is 0 Å². The molecule has 1 amide bonds. The van der Waals surface area contributed by atoms with Gasteiger partial charge in [-0.05, 0) is 43.4 Å². The van der Waals surface area contributed by atoms with Crippen LogP contribution in [0.2, 0.25) is 0 Å². The van der Waals surface area contributed by atoms with Gasteiger partial charge in [0.15, 0.2) is 17.0 Å². The Bertz CT molecular complexity index is 1740. The van der Waals surface area contributed by atoms with Crippen molar-refractivity contribution < 1.29 is 19.4 Å². The molecule has 3 aromatic rings. The number of aromatic nitrogens is 4. The number of imidazole rings is 1. The third-order valence-corrected chi connectivity index (χ3v) is 14.3. The second-order valence-corrected chi connectivity index (χ2v) is 20.5. The fraction of sp³-hybridized carbons (Fsp3) is 0.764. The van der Waals surface area contributed by atoms with Gasteiger partial charge in [0.25, 0.3) is 6.01 Å². The lowest BCUT2D eigenvalue weighted by Gasteiger charge is -2.19. The summed E-state index contributed by atoms with van der Waals surface area (Å²) in [5.74, 6) is 1.27. The molecule has 0 radical (unpaired) electrons. The van der Waals surface area contributed by atoms with Crippen LogP contribution in [0.15, 0.2) is 24.3 Å². The molecule has 2 heterocycles. The minimum absolute atomic E-state index is 0.0985. The Morgan fingerprint density at radius 2 is 1.13 bits per heavy atom. The smallest absolute Gasteiger partial charge is 0.306 e.